The van der Waals surface area contributed by atoms with Gasteiger partial charge in [-0.25, -0.2) is 4.79 Å². The van der Waals surface area contributed by atoms with Gasteiger partial charge in [0.2, 0.25) is 11.8 Å². The molecule has 2 aromatic carbocycles. The van der Waals surface area contributed by atoms with Gasteiger partial charge < -0.3 is 9.80 Å². The second kappa shape index (κ2) is 7.08. The topological polar surface area (TPSA) is 73.0 Å². The lowest BCUT2D eigenvalue weighted by molar-refractivity contribution is -0.156. The zero-order valence-electron chi connectivity index (χ0n) is 18.7. The van der Waals surface area contributed by atoms with Crippen LogP contribution in [0.1, 0.15) is 26.3 Å². The first-order valence-corrected chi connectivity index (χ1v) is 11.1. The molecule has 0 unspecified atom stereocenters. The van der Waals surface area contributed by atoms with Crippen LogP contribution in [-0.2, 0) is 16.0 Å². The molecule has 5 rings (SSSR count). The summed E-state index contributed by atoms with van der Waals surface area (Å²) in [6, 6.07) is 17.0. The SMILES string of the molecule is CC(C)(C)N1C(=O)NC(=O)[C@@]2(Cc3ccccc3N3CCN(c4ccccc4)C[C@H]32)C1=O. The maximum atomic E-state index is 14.1. The van der Waals surface area contributed by atoms with Gasteiger partial charge in [0.05, 0.1) is 6.04 Å². The zero-order valence-corrected chi connectivity index (χ0v) is 18.7. The van der Waals surface area contributed by atoms with Crippen LogP contribution >= 0.6 is 0 Å². The van der Waals surface area contributed by atoms with Crippen molar-refractivity contribution in [3.8, 4) is 0 Å². The number of nitrogens with one attached hydrogen (secondary N) is 1. The second-order valence-electron chi connectivity index (χ2n) is 9.84. The van der Waals surface area contributed by atoms with Crippen LogP contribution < -0.4 is 15.1 Å². The molecule has 2 saturated heterocycles. The number of amides is 4. The molecule has 32 heavy (non-hydrogen) atoms. The van der Waals surface area contributed by atoms with E-state index < -0.39 is 34.8 Å². The van der Waals surface area contributed by atoms with Gasteiger partial charge in [-0.1, -0.05) is 36.4 Å². The van der Waals surface area contributed by atoms with Gasteiger partial charge >= 0.3 is 6.03 Å². The third-order valence-corrected chi connectivity index (χ3v) is 6.93. The molecule has 0 saturated carbocycles. The standard InChI is InChI=1S/C25H28N4O3/c1-24(2,3)29-22(31)25(21(30)26-23(29)32)15-17-9-7-8-12-19(17)28-14-13-27(16-20(25)28)18-10-5-4-6-11-18/h4-12,20H,13-16H2,1-3H3,(H,26,30,32)/t20-,25-/m0/s1. The molecule has 0 aromatic heterocycles. The van der Waals surface area contributed by atoms with Crippen LogP contribution in [0.5, 0.6) is 0 Å². The Labute approximate surface area is 188 Å². The smallest absolute Gasteiger partial charge is 0.331 e. The molecule has 7 heteroatoms. The summed E-state index contributed by atoms with van der Waals surface area (Å²) in [5, 5.41) is 2.53. The molecular formula is C25H28N4O3. The molecule has 3 heterocycles. The molecule has 7 nitrogen and oxygen atoms in total. The molecule has 0 bridgehead atoms. The number of urea groups is 1. The first kappa shape index (κ1) is 20.5. The predicted octanol–water partition coefficient (Wildman–Crippen LogP) is 2.80. The monoisotopic (exact) mass is 432 g/mol. The van der Waals surface area contributed by atoms with E-state index in [1.807, 2.05) is 69.3 Å². The lowest BCUT2D eigenvalue weighted by atomic mass is 9.67. The van der Waals surface area contributed by atoms with Crippen LogP contribution in [0.25, 0.3) is 0 Å². The minimum atomic E-state index is -1.37. The number of anilines is 2. The Morgan fingerprint density at radius 1 is 0.938 bits per heavy atom. The molecule has 0 aliphatic carbocycles. The number of benzene rings is 2. The van der Waals surface area contributed by atoms with Gasteiger partial charge in [0.1, 0.15) is 0 Å². The van der Waals surface area contributed by atoms with E-state index in [1.54, 1.807) is 0 Å². The van der Waals surface area contributed by atoms with E-state index in [2.05, 4.69) is 21.2 Å². The molecule has 3 aliphatic rings. The summed E-state index contributed by atoms with van der Waals surface area (Å²) >= 11 is 0. The van der Waals surface area contributed by atoms with E-state index in [-0.39, 0.29) is 6.42 Å². The zero-order chi connectivity index (χ0) is 22.7. The number of carbonyl (C=O) groups excluding carboxylic acids is 3. The van der Waals surface area contributed by atoms with Crippen molar-refractivity contribution in [2.45, 2.75) is 38.8 Å². The number of hydrogen-bond acceptors (Lipinski definition) is 5. The van der Waals surface area contributed by atoms with Gasteiger partial charge in [-0.15, -0.1) is 0 Å². The van der Waals surface area contributed by atoms with Crippen molar-refractivity contribution in [1.82, 2.24) is 10.2 Å². The average Bonchev–Trinajstić information content (AvgIpc) is 2.76. The molecule has 4 amide bonds. The summed E-state index contributed by atoms with van der Waals surface area (Å²) in [5.74, 6) is -0.898. The van der Waals surface area contributed by atoms with Crippen molar-refractivity contribution in [3.63, 3.8) is 0 Å². The first-order chi connectivity index (χ1) is 15.2. The number of imide groups is 2. The van der Waals surface area contributed by atoms with Crippen molar-refractivity contribution in [3.05, 3.63) is 60.2 Å². The number of carbonyl (C=O) groups is 3. The molecule has 1 spiro atoms. The lowest BCUT2D eigenvalue weighted by Crippen LogP contribution is -2.77. The highest BCUT2D eigenvalue weighted by molar-refractivity contribution is 6.20. The number of piperazine rings is 1. The number of fused-ring (bicyclic) bond motifs is 4. The van der Waals surface area contributed by atoms with E-state index in [9.17, 15) is 14.4 Å². The molecule has 2 fully saturated rings. The van der Waals surface area contributed by atoms with Crippen molar-refractivity contribution >= 4 is 29.2 Å². The average molecular weight is 433 g/mol. The summed E-state index contributed by atoms with van der Waals surface area (Å²) in [5.41, 5.74) is 0.973. The number of hydrogen-bond donors (Lipinski definition) is 1. The largest absolute Gasteiger partial charge is 0.368 e. The van der Waals surface area contributed by atoms with Crippen molar-refractivity contribution in [1.29, 1.82) is 0 Å². The fourth-order valence-electron chi connectivity index (χ4n) is 5.44. The van der Waals surface area contributed by atoms with Gasteiger partial charge in [-0.3, -0.25) is 19.8 Å². The molecule has 3 aliphatic heterocycles. The van der Waals surface area contributed by atoms with Gasteiger partial charge in [0.15, 0.2) is 5.41 Å². The number of rotatable bonds is 1. The van der Waals surface area contributed by atoms with E-state index in [0.717, 1.165) is 23.5 Å². The minimum Gasteiger partial charge on any atom is -0.368 e. The Bertz CT molecular complexity index is 1090. The highest BCUT2D eigenvalue weighted by Crippen LogP contribution is 2.46. The first-order valence-electron chi connectivity index (χ1n) is 11.1. The summed E-state index contributed by atoms with van der Waals surface area (Å²) in [7, 11) is 0. The van der Waals surface area contributed by atoms with Gasteiger partial charge in [-0.2, -0.15) is 0 Å². The summed E-state index contributed by atoms with van der Waals surface area (Å²) < 4.78 is 0. The van der Waals surface area contributed by atoms with Crippen LogP contribution in [0.2, 0.25) is 0 Å². The Balaban J connectivity index is 1.65. The van der Waals surface area contributed by atoms with Crippen molar-refractivity contribution in [2.24, 2.45) is 5.41 Å². The Kier molecular flexibility index (Phi) is 4.55. The molecule has 166 valence electrons. The minimum absolute atomic E-state index is 0.275. The maximum absolute atomic E-state index is 14.1. The summed E-state index contributed by atoms with van der Waals surface area (Å²) in [6.07, 6.45) is 0.275. The van der Waals surface area contributed by atoms with E-state index >= 15 is 0 Å². The fourth-order valence-corrected chi connectivity index (χ4v) is 5.44. The van der Waals surface area contributed by atoms with Gasteiger partial charge in [0, 0.05) is 36.5 Å². The van der Waals surface area contributed by atoms with Crippen molar-refractivity contribution in [2.75, 3.05) is 29.4 Å². The summed E-state index contributed by atoms with van der Waals surface area (Å²) in [4.78, 5) is 46.0. The fraction of sp³-hybridized carbons (Fsp3) is 0.400. The van der Waals surface area contributed by atoms with Crippen LogP contribution in [-0.4, -0.2) is 54.0 Å². The second-order valence-corrected chi connectivity index (χ2v) is 9.84. The summed E-state index contributed by atoms with van der Waals surface area (Å²) in [6.45, 7) is 7.44. The Hall–Kier alpha value is -3.35. The third-order valence-electron chi connectivity index (χ3n) is 6.93. The van der Waals surface area contributed by atoms with E-state index in [0.29, 0.717) is 13.1 Å². The molecular weight excluding hydrogens is 404 g/mol. The Morgan fingerprint density at radius 3 is 2.34 bits per heavy atom. The van der Waals surface area contributed by atoms with Crippen molar-refractivity contribution < 1.29 is 14.4 Å². The van der Waals surface area contributed by atoms with Crippen LogP contribution in [0.4, 0.5) is 16.2 Å². The van der Waals surface area contributed by atoms with Gasteiger partial charge in [0.25, 0.3) is 0 Å². The normalized spacial score (nSPS) is 25.5. The predicted molar refractivity (Wildman–Crippen MR) is 123 cm³/mol. The number of barbiturate groups is 1. The highest BCUT2D eigenvalue weighted by Gasteiger charge is 2.64. The Morgan fingerprint density at radius 2 is 1.62 bits per heavy atom. The van der Waals surface area contributed by atoms with E-state index in [1.165, 1.54) is 4.90 Å². The van der Waals surface area contributed by atoms with E-state index in [4.69, 9.17) is 0 Å². The van der Waals surface area contributed by atoms with Crippen LogP contribution in [0.15, 0.2) is 54.6 Å². The lowest BCUT2D eigenvalue weighted by Gasteiger charge is -2.56. The van der Waals surface area contributed by atoms with Gasteiger partial charge in [-0.05, 0) is 51.0 Å². The molecule has 2 aromatic rings. The molecule has 1 N–H and O–H groups in total. The number of para-hydroxylation sites is 2. The third kappa shape index (κ3) is 2.91. The number of nitrogens with zero attached hydrogens (tertiary/aromatic N) is 3. The quantitative estimate of drug-likeness (QED) is 0.702. The van der Waals surface area contributed by atoms with Crippen LogP contribution in [0.3, 0.4) is 0 Å². The molecule has 2 atom stereocenters. The maximum Gasteiger partial charge on any atom is 0.331 e. The van der Waals surface area contributed by atoms with Crippen LogP contribution in [0, 0.1) is 5.41 Å². The highest BCUT2D eigenvalue weighted by atomic mass is 16.2. The molecule has 0 radical (unpaired) electrons.